The first kappa shape index (κ1) is 21.2. The average Bonchev–Trinajstić information content (AvgIpc) is 2.74. The lowest BCUT2D eigenvalue weighted by molar-refractivity contribution is 0.114. The molecule has 0 N–H and O–H groups in total. The molecule has 0 spiro atoms. The molecule has 2 aromatic rings. The number of rotatable bonds is 5. The molecular formula is C27H31F3. The summed E-state index contributed by atoms with van der Waals surface area (Å²) >= 11 is 0. The lowest BCUT2D eigenvalue weighted by atomic mass is 9.63. The highest BCUT2D eigenvalue weighted by molar-refractivity contribution is 5.66. The summed E-state index contributed by atoms with van der Waals surface area (Å²) in [6.07, 6.45) is 11.0. The Bertz CT molecular complexity index is 917. The van der Waals surface area contributed by atoms with Gasteiger partial charge in [-0.3, -0.25) is 0 Å². The maximum Gasteiger partial charge on any atom is 0.167 e. The van der Waals surface area contributed by atoms with Crippen molar-refractivity contribution >= 4 is 0 Å². The van der Waals surface area contributed by atoms with E-state index >= 15 is 4.39 Å². The highest BCUT2D eigenvalue weighted by atomic mass is 19.2. The Morgan fingerprint density at radius 1 is 0.900 bits per heavy atom. The van der Waals surface area contributed by atoms with Gasteiger partial charge in [0.15, 0.2) is 11.6 Å². The van der Waals surface area contributed by atoms with Crippen LogP contribution in [0.25, 0.3) is 11.1 Å². The molecule has 2 saturated carbocycles. The van der Waals surface area contributed by atoms with Crippen molar-refractivity contribution < 1.29 is 13.2 Å². The molecule has 2 aliphatic carbocycles. The van der Waals surface area contributed by atoms with E-state index in [1.165, 1.54) is 37.8 Å². The van der Waals surface area contributed by atoms with Gasteiger partial charge in [0.05, 0.1) is 0 Å². The van der Waals surface area contributed by atoms with Crippen molar-refractivity contribution in [1.29, 1.82) is 0 Å². The van der Waals surface area contributed by atoms with Crippen LogP contribution in [0.1, 0.15) is 68.4 Å². The average molecular weight is 413 g/mol. The minimum Gasteiger partial charge on any atom is -0.206 e. The minimum atomic E-state index is -0.925. The van der Waals surface area contributed by atoms with Gasteiger partial charge >= 0.3 is 0 Å². The summed E-state index contributed by atoms with van der Waals surface area (Å²) in [6, 6.07) is 7.84. The van der Waals surface area contributed by atoms with Crippen LogP contribution in [-0.4, -0.2) is 0 Å². The van der Waals surface area contributed by atoms with Gasteiger partial charge in [-0.2, -0.15) is 0 Å². The molecule has 0 bridgehead atoms. The highest BCUT2D eigenvalue weighted by Gasteiger charge is 2.37. The normalized spacial score (nSPS) is 26.3. The number of allylic oxidation sites excluding steroid dienone is 1. The molecule has 2 aliphatic rings. The van der Waals surface area contributed by atoms with E-state index in [-0.39, 0.29) is 17.0 Å². The molecule has 0 aliphatic heterocycles. The van der Waals surface area contributed by atoms with Gasteiger partial charge in [-0.05, 0) is 92.7 Å². The van der Waals surface area contributed by atoms with Crippen LogP contribution >= 0.6 is 0 Å². The molecule has 0 nitrogen and oxygen atoms in total. The third kappa shape index (κ3) is 4.22. The molecule has 160 valence electrons. The van der Waals surface area contributed by atoms with E-state index < -0.39 is 17.5 Å². The SMILES string of the molecule is C=CCCC1CCC2CC(c3ccc(-c4ccc(C)cc4F)c(F)c3F)CCC2C1. The zero-order valence-corrected chi connectivity index (χ0v) is 17.8. The second-order valence-corrected chi connectivity index (χ2v) is 9.39. The molecule has 0 aromatic heterocycles. The molecular weight excluding hydrogens is 381 g/mol. The minimum absolute atomic E-state index is 0.00478. The van der Waals surface area contributed by atoms with Crippen LogP contribution in [0.2, 0.25) is 0 Å². The Morgan fingerprint density at radius 3 is 2.40 bits per heavy atom. The Labute approximate surface area is 178 Å². The standard InChI is InChI=1S/C27H31F3/c1-3-4-5-18-7-8-20-16-21(10-9-19(20)15-18)22-12-13-24(27(30)26(22)29)23-11-6-17(2)14-25(23)28/h3,6,11-14,18-21H,1,4-5,7-10,15-16H2,2H3. The van der Waals surface area contributed by atoms with Gasteiger partial charge < -0.3 is 0 Å². The highest BCUT2D eigenvalue weighted by Crippen LogP contribution is 2.49. The number of hydrogen-bond donors (Lipinski definition) is 0. The van der Waals surface area contributed by atoms with E-state index in [1.54, 1.807) is 25.1 Å². The van der Waals surface area contributed by atoms with Gasteiger partial charge in [0.1, 0.15) is 5.82 Å². The number of hydrogen-bond acceptors (Lipinski definition) is 0. The Hall–Kier alpha value is -2.03. The van der Waals surface area contributed by atoms with Crippen LogP contribution in [0.4, 0.5) is 13.2 Å². The molecule has 0 heterocycles. The topological polar surface area (TPSA) is 0 Å². The Morgan fingerprint density at radius 2 is 1.63 bits per heavy atom. The number of halogens is 3. The van der Waals surface area contributed by atoms with Gasteiger partial charge in [0.25, 0.3) is 0 Å². The van der Waals surface area contributed by atoms with E-state index in [0.717, 1.165) is 43.1 Å². The van der Waals surface area contributed by atoms with Crippen molar-refractivity contribution in [2.45, 2.75) is 64.2 Å². The zero-order chi connectivity index (χ0) is 21.3. The molecule has 2 fully saturated rings. The predicted molar refractivity (Wildman–Crippen MR) is 117 cm³/mol. The van der Waals surface area contributed by atoms with Gasteiger partial charge in [0.2, 0.25) is 0 Å². The van der Waals surface area contributed by atoms with Crippen LogP contribution < -0.4 is 0 Å². The lowest BCUT2D eigenvalue weighted by Crippen LogP contribution is -2.30. The van der Waals surface area contributed by atoms with Gasteiger partial charge in [0, 0.05) is 11.1 Å². The van der Waals surface area contributed by atoms with Gasteiger partial charge in [-0.15, -0.1) is 6.58 Å². The van der Waals surface area contributed by atoms with Crippen molar-refractivity contribution in [3.8, 4) is 11.1 Å². The predicted octanol–water partition coefficient (Wildman–Crippen LogP) is 8.35. The molecule has 4 rings (SSSR count). The molecule has 0 amide bonds. The molecule has 2 aromatic carbocycles. The maximum atomic E-state index is 15.1. The molecule has 4 unspecified atom stereocenters. The van der Waals surface area contributed by atoms with E-state index in [4.69, 9.17) is 0 Å². The lowest BCUT2D eigenvalue weighted by Gasteiger charge is -2.42. The van der Waals surface area contributed by atoms with E-state index in [0.29, 0.717) is 11.5 Å². The van der Waals surface area contributed by atoms with Crippen molar-refractivity contribution in [2.24, 2.45) is 17.8 Å². The smallest absolute Gasteiger partial charge is 0.167 e. The van der Waals surface area contributed by atoms with Crippen LogP contribution in [0.15, 0.2) is 43.0 Å². The van der Waals surface area contributed by atoms with E-state index in [2.05, 4.69) is 6.58 Å². The second kappa shape index (κ2) is 8.99. The summed E-state index contributed by atoms with van der Waals surface area (Å²) in [5.41, 5.74) is 1.34. The fourth-order valence-electron chi connectivity index (χ4n) is 5.81. The first-order chi connectivity index (χ1) is 14.5. The summed E-state index contributed by atoms with van der Waals surface area (Å²) in [5.74, 6) is -0.0593. The van der Waals surface area contributed by atoms with Gasteiger partial charge in [-0.1, -0.05) is 36.8 Å². The molecule has 30 heavy (non-hydrogen) atoms. The molecule has 0 saturated heterocycles. The summed E-state index contributed by atoms with van der Waals surface area (Å²) < 4.78 is 44.3. The van der Waals surface area contributed by atoms with Crippen molar-refractivity contribution in [3.05, 3.63) is 71.6 Å². The van der Waals surface area contributed by atoms with Crippen LogP contribution in [0.3, 0.4) is 0 Å². The first-order valence-electron chi connectivity index (χ1n) is 11.3. The van der Waals surface area contributed by atoms with Crippen molar-refractivity contribution in [1.82, 2.24) is 0 Å². The number of benzene rings is 2. The summed E-state index contributed by atoms with van der Waals surface area (Å²) in [7, 11) is 0. The van der Waals surface area contributed by atoms with Crippen LogP contribution in [0.5, 0.6) is 0 Å². The number of aryl methyl sites for hydroxylation is 1. The maximum absolute atomic E-state index is 15.1. The van der Waals surface area contributed by atoms with Crippen molar-refractivity contribution in [3.63, 3.8) is 0 Å². The Kier molecular flexibility index (Phi) is 6.36. The van der Waals surface area contributed by atoms with Crippen LogP contribution in [0, 0.1) is 42.1 Å². The summed E-state index contributed by atoms with van der Waals surface area (Å²) in [4.78, 5) is 0. The zero-order valence-electron chi connectivity index (χ0n) is 17.8. The van der Waals surface area contributed by atoms with Crippen LogP contribution in [-0.2, 0) is 0 Å². The molecule has 0 radical (unpaired) electrons. The Balaban J connectivity index is 1.50. The number of fused-ring (bicyclic) bond motifs is 1. The van der Waals surface area contributed by atoms with E-state index in [1.807, 2.05) is 6.08 Å². The second-order valence-electron chi connectivity index (χ2n) is 9.39. The quantitative estimate of drug-likeness (QED) is 0.433. The first-order valence-corrected chi connectivity index (χ1v) is 11.3. The third-order valence-electron chi connectivity index (χ3n) is 7.47. The fraction of sp³-hybridized carbons (Fsp3) is 0.481. The monoisotopic (exact) mass is 412 g/mol. The van der Waals surface area contributed by atoms with E-state index in [9.17, 15) is 8.78 Å². The van der Waals surface area contributed by atoms with Gasteiger partial charge in [-0.25, -0.2) is 13.2 Å². The fourth-order valence-corrected chi connectivity index (χ4v) is 5.81. The summed E-state index contributed by atoms with van der Waals surface area (Å²) in [5, 5.41) is 0. The third-order valence-corrected chi connectivity index (χ3v) is 7.47. The largest absolute Gasteiger partial charge is 0.206 e. The van der Waals surface area contributed by atoms with Crippen molar-refractivity contribution in [2.75, 3.05) is 0 Å². The molecule has 4 atom stereocenters. The summed E-state index contributed by atoms with van der Waals surface area (Å²) in [6.45, 7) is 5.61. The molecule has 3 heteroatoms.